The highest BCUT2D eigenvalue weighted by Crippen LogP contribution is 2.28. The maximum Gasteiger partial charge on any atom is 0.191 e. The number of nitrogens with one attached hydrogen (secondary N) is 2. The van der Waals surface area contributed by atoms with E-state index >= 15 is 0 Å². The summed E-state index contributed by atoms with van der Waals surface area (Å²) in [6, 6.07) is 11.4. The summed E-state index contributed by atoms with van der Waals surface area (Å²) in [5.74, 6) is 1.77. The van der Waals surface area contributed by atoms with Gasteiger partial charge in [0.15, 0.2) is 5.96 Å². The van der Waals surface area contributed by atoms with Gasteiger partial charge >= 0.3 is 0 Å². The first-order valence-corrected chi connectivity index (χ1v) is 10.2. The summed E-state index contributed by atoms with van der Waals surface area (Å²) < 4.78 is 0. The Bertz CT molecular complexity index is 551. The van der Waals surface area contributed by atoms with Crippen molar-refractivity contribution in [2.45, 2.75) is 38.8 Å². The van der Waals surface area contributed by atoms with Crippen LogP contribution in [0.5, 0.6) is 0 Å². The monoisotopic (exact) mass is 357 g/mol. The van der Waals surface area contributed by atoms with Crippen LogP contribution in [0.3, 0.4) is 0 Å². The summed E-state index contributed by atoms with van der Waals surface area (Å²) in [5, 5.41) is 6.92. The van der Waals surface area contributed by atoms with E-state index in [1.807, 2.05) is 7.05 Å². The maximum atomic E-state index is 4.31. The maximum absolute atomic E-state index is 4.31. The molecule has 2 N–H and O–H groups in total. The number of rotatable bonds is 8. The molecule has 0 radical (unpaired) electrons. The number of benzene rings is 1. The molecule has 1 saturated carbocycles. The molecule has 2 unspecified atom stereocenters. The van der Waals surface area contributed by atoms with Crippen molar-refractivity contribution in [1.29, 1.82) is 0 Å². The van der Waals surface area contributed by atoms with Crippen LogP contribution in [0.25, 0.3) is 0 Å². The first-order valence-electron chi connectivity index (χ1n) is 10.2. The third kappa shape index (κ3) is 6.29. The molecule has 2 fully saturated rings. The Labute approximate surface area is 158 Å². The third-order valence-electron chi connectivity index (χ3n) is 5.56. The summed E-state index contributed by atoms with van der Waals surface area (Å²) >= 11 is 0. The number of aliphatic imine (C=N–C) groups is 1. The van der Waals surface area contributed by atoms with Gasteiger partial charge in [-0.15, -0.1) is 0 Å². The van der Waals surface area contributed by atoms with Crippen LogP contribution in [-0.4, -0.2) is 68.1 Å². The van der Waals surface area contributed by atoms with Crippen molar-refractivity contribution in [3.8, 4) is 0 Å². The van der Waals surface area contributed by atoms with Crippen LogP contribution in [0, 0.1) is 5.92 Å². The van der Waals surface area contributed by atoms with Gasteiger partial charge in [-0.2, -0.15) is 0 Å². The van der Waals surface area contributed by atoms with E-state index in [0.29, 0.717) is 6.04 Å². The van der Waals surface area contributed by atoms with Gasteiger partial charge in [-0.3, -0.25) is 9.89 Å². The van der Waals surface area contributed by atoms with E-state index in [2.05, 4.69) is 62.7 Å². The first kappa shape index (κ1) is 19.2. The van der Waals surface area contributed by atoms with Gasteiger partial charge in [-0.05, 0) is 37.3 Å². The molecule has 0 spiro atoms. The lowest BCUT2D eigenvalue weighted by atomic mass is 10.2. The van der Waals surface area contributed by atoms with E-state index in [9.17, 15) is 0 Å². The van der Waals surface area contributed by atoms with Gasteiger partial charge in [0.25, 0.3) is 0 Å². The molecule has 1 aliphatic carbocycles. The lowest BCUT2D eigenvalue weighted by molar-refractivity contribution is 0.126. The summed E-state index contributed by atoms with van der Waals surface area (Å²) in [6.45, 7) is 10.4. The van der Waals surface area contributed by atoms with Crippen molar-refractivity contribution in [3.05, 3.63) is 35.9 Å². The summed E-state index contributed by atoms with van der Waals surface area (Å²) in [4.78, 5) is 9.49. The molecule has 3 rings (SSSR count). The number of unbranched alkanes of at least 4 members (excludes halogenated alkanes) is 1. The minimum absolute atomic E-state index is 0.633. The van der Waals surface area contributed by atoms with Gasteiger partial charge in [-0.25, -0.2) is 0 Å². The summed E-state index contributed by atoms with van der Waals surface area (Å²) in [7, 11) is 1.86. The van der Waals surface area contributed by atoms with Crippen LogP contribution in [-0.2, 0) is 6.54 Å². The summed E-state index contributed by atoms with van der Waals surface area (Å²) in [5.41, 5.74) is 1.43. The molecule has 2 aliphatic rings. The summed E-state index contributed by atoms with van der Waals surface area (Å²) in [6.07, 6.45) is 3.73. The van der Waals surface area contributed by atoms with E-state index < -0.39 is 0 Å². The predicted molar refractivity (Wildman–Crippen MR) is 109 cm³/mol. The van der Waals surface area contributed by atoms with Crippen LogP contribution >= 0.6 is 0 Å². The minimum Gasteiger partial charge on any atom is -0.356 e. The first-order chi connectivity index (χ1) is 12.7. The molecule has 26 heavy (non-hydrogen) atoms. The van der Waals surface area contributed by atoms with Crippen molar-refractivity contribution in [3.63, 3.8) is 0 Å². The smallest absolute Gasteiger partial charge is 0.191 e. The van der Waals surface area contributed by atoms with Crippen molar-refractivity contribution in [2.24, 2.45) is 10.9 Å². The zero-order valence-electron chi connectivity index (χ0n) is 16.5. The Morgan fingerprint density at radius 1 is 1.08 bits per heavy atom. The normalized spacial score (nSPS) is 24.5. The molecule has 0 bridgehead atoms. The molecular weight excluding hydrogens is 322 g/mol. The second-order valence-corrected chi connectivity index (χ2v) is 7.77. The van der Waals surface area contributed by atoms with Crippen LogP contribution in [0.15, 0.2) is 35.3 Å². The van der Waals surface area contributed by atoms with Gasteiger partial charge < -0.3 is 15.5 Å². The molecule has 144 valence electrons. The van der Waals surface area contributed by atoms with Gasteiger partial charge in [0.05, 0.1) is 0 Å². The second kappa shape index (κ2) is 9.93. The third-order valence-corrected chi connectivity index (χ3v) is 5.56. The average Bonchev–Trinajstić information content (AvgIpc) is 3.37. The number of hydrogen-bond donors (Lipinski definition) is 2. The van der Waals surface area contributed by atoms with Crippen molar-refractivity contribution in [2.75, 3.05) is 46.3 Å². The molecular formula is C21H35N5. The molecule has 1 saturated heterocycles. The van der Waals surface area contributed by atoms with Gasteiger partial charge in [-0.1, -0.05) is 37.3 Å². The van der Waals surface area contributed by atoms with Crippen molar-refractivity contribution in [1.82, 2.24) is 20.4 Å². The Hall–Kier alpha value is -1.59. The lowest BCUT2D eigenvalue weighted by Gasteiger charge is -2.34. The Morgan fingerprint density at radius 2 is 1.77 bits per heavy atom. The molecule has 2 atom stereocenters. The Morgan fingerprint density at radius 3 is 2.42 bits per heavy atom. The molecule has 5 nitrogen and oxygen atoms in total. The molecule has 1 aliphatic heterocycles. The molecule has 1 aromatic carbocycles. The fourth-order valence-electron chi connectivity index (χ4n) is 3.57. The van der Waals surface area contributed by atoms with Crippen molar-refractivity contribution >= 4 is 5.96 Å². The SMILES string of the molecule is CN=C(NCCCCN1CCN(Cc2ccccc2)CC1)NC1CC1C. The van der Waals surface area contributed by atoms with E-state index in [-0.39, 0.29) is 0 Å². The van der Waals surface area contributed by atoms with Crippen molar-refractivity contribution < 1.29 is 0 Å². The lowest BCUT2D eigenvalue weighted by Crippen LogP contribution is -2.46. The van der Waals surface area contributed by atoms with Crippen LogP contribution in [0.2, 0.25) is 0 Å². The minimum atomic E-state index is 0.633. The molecule has 1 heterocycles. The van der Waals surface area contributed by atoms with E-state index in [1.54, 1.807) is 0 Å². The standard InChI is InChI=1S/C21H35N5/c1-18-16-20(18)24-21(22-2)23-10-6-7-11-25-12-14-26(15-13-25)17-19-8-4-3-5-9-19/h3-5,8-9,18,20H,6-7,10-17H2,1-2H3,(H2,22,23,24). The highest BCUT2D eigenvalue weighted by atomic mass is 15.3. The molecule has 1 aromatic rings. The van der Waals surface area contributed by atoms with Crippen LogP contribution < -0.4 is 10.6 Å². The zero-order chi connectivity index (χ0) is 18.2. The molecule has 0 amide bonds. The average molecular weight is 358 g/mol. The van der Waals surface area contributed by atoms with E-state index in [0.717, 1.165) is 25.0 Å². The van der Waals surface area contributed by atoms with Gasteiger partial charge in [0.1, 0.15) is 0 Å². The fourth-order valence-corrected chi connectivity index (χ4v) is 3.57. The van der Waals surface area contributed by atoms with Gasteiger partial charge in [0.2, 0.25) is 0 Å². The number of guanidine groups is 1. The predicted octanol–water partition coefficient (Wildman–Crippen LogP) is 2.16. The largest absolute Gasteiger partial charge is 0.356 e. The number of hydrogen-bond acceptors (Lipinski definition) is 3. The van der Waals surface area contributed by atoms with Crippen LogP contribution in [0.1, 0.15) is 31.7 Å². The van der Waals surface area contributed by atoms with Gasteiger partial charge in [0, 0.05) is 52.4 Å². The Balaban J connectivity index is 1.23. The van der Waals surface area contributed by atoms with E-state index in [1.165, 1.54) is 57.5 Å². The highest BCUT2D eigenvalue weighted by molar-refractivity contribution is 5.80. The highest BCUT2D eigenvalue weighted by Gasteiger charge is 2.33. The fraction of sp³-hybridized carbons (Fsp3) is 0.667. The topological polar surface area (TPSA) is 42.9 Å². The Kier molecular flexibility index (Phi) is 7.32. The second-order valence-electron chi connectivity index (χ2n) is 7.77. The molecule has 0 aromatic heterocycles. The molecule has 5 heteroatoms. The number of piperazine rings is 1. The number of nitrogens with zero attached hydrogens (tertiary/aromatic N) is 3. The zero-order valence-corrected chi connectivity index (χ0v) is 16.5. The van der Waals surface area contributed by atoms with E-state index in [4.69, 9.17) is 0 Å². The quantitative estimate of drug-likeness (QED) is 0.425. The van der Waals surface area contributed by atoms with Crippen LogP contribution in [0.4, 0.5) is 0 Å².